The zero-order valence-corrected chi connectivity index (χ0v) is 14.5. The van der Waals surface area contributed by atoms with Crippen molar-refractivity contribution in [3.63, 3.8) is 0 Å². The van der Waals surface area contributed by atoms with E-state index in [9.17, 15) is 14.0 Å². The van der Waals surface area contributed by atoms with E-state index >= 15 is 0 Å². The maximum absolute atomic E-state index is 13.9. The predicted octanol–water partition coefficient (Wildman–Crippen LogP) is 1.58. The van der Waals surface area contributed by atoms with Gasteiger partial charge in [-0.2, -0.15) is 0 Å². The van der Waals surface area contributed by atoms with Gasteiger partial charge in [0, 0.05) is 17.5 Å². The van der Waals surface area contributed by atoms with Gasteiger partial charge in [0.25, 0.3) is 11.8 Å². The van der Waals surface area contributed by atoms with Gasteiger partial charge in [-0.3, -0.25) is 9.59 Å². The van der Waals surface area contributed by atoms with Crippen LogP contribution in [0.5, 0.6) is 11.6 Å². The standard InChI is InChI=1S/C18H20FN3O4/c1-3-10-13(22-17(24)15(10)19)8-26-18-11-7-14(25-2)12(16(20)23)6-9(11)4-5-21-18/h4-7,10,13,15H,3,8H2,1-2H3,(H2,20,23)(H,22,24). The first-order valence-corrected chi connectivity index (χ1v) is 8.30. The van der Waals surface area contributed by atoms with Gasteiger partial charge in [-0.1, -0.05) is 6.92 Å². The highest BCUT2D eigenvalue weighted by Crippen LogP contribution is 2.31. The Kier molecular flexibility index (Phi) is 4.92. The van der Waals surface area contributed by atoms with E-state index in [1.807, 2.05) is 6.92 Å². The highest BCUT2D eigenvalue weighted by Gasteiger charge is 2.41. The number of hydrogen-bond donors (Lipinski definition) is 2. The van der Waals surface area contributed by atoms with Crippen molar-refractivity contribution in [2.45, 2.75) is 25.6 Å². The molecule has 3 unspecified atom stereocenters. The van der Waals surface area contributed by atoms with Crippen molar-refractivity contribution in [1.29, 1.82) is 0 Å². The predicted molar refractivity (Wildman–Crippen MR) is 92.9 cm³/mol. The van der Waals surface area contributed by atoms with Crippen LogP contribution in [0.15, 0.2) is 24.4 Å². The molecular formula is C18H20FN3O4. The number of primary amides is 1. The number of fused-ring (bicyclic) bond motifs is 1. The quantitative estimate of drug-likeness (QED) is 0.813. The van der Waals surface area contributed by atoms with Crippen LogP contribution in [0.1, 0.15) is 23.7 Å². The summed E-state index contributed by atoms with van der Waals surface area (Å²) in [7, 11) is 1.44. The van der Waals surface area contributed by atoms with Crippen molar-refractivity contribution in [3.8, 4) is 11.6 Å². The van der Waals surface area contributed by atoms with E-state index in [0.717, 1.165) is 0 Å². The Morgan fingerprint density at radius 1 is 1.42 bits per heavy atom. The maximum Gasteiger partial charge on any atom is 0.255 e. The van der Waals surface area contributed by atoms with Crippen LogP contribution in [-0.2, 0) is 4.79 Å². The van der Waals surface area contributed by atoms with E-state index in [0.29, 0.717) is 28.8 Å². The van der Waals surface area contributed by atoms with E-state index in [-0.39, 0.29) is 12.2 Å². The van der Waals surface area contributed by atoms with Gasteiger partial charge in [0.15, 0.2) is 6.17 Å². The summed E-state index contributed by atoms with van der Waals surface area (Å²) < 4.78 is 24.9. The highest BCUT2D eigenvalue weighted by atomic mass is 19.1. The molecule has 2 heterocycles. The number of nitrogens with two attached hydrogens (primary N) is 1. The molecule has 3 N–H and O–H groups in total. The van der Waals surface area contributed by atoms with E-state index in [2.05, 4.69) is 10.3 Å². The third-order valence-corrected chi connectivity index (χ3v) is 4.66. The van der Waals surface area contributed by atoms with Crippen molar-refractivity contribution in [1.82, 2.24) is 10.3 Å². The van der Waals surface area contributed by atoms with Crippen molar-refractivity contribution in [3.05, 3.63) is 30.0 Å². The zero-order chi connectivity index (χ0) is 18.8. The molecule has 26 heavy (non-hydrogen) atoms. The van der Waals surface area contributed by atoms with Gasteiger partial charge >= 0.3 is 0 Å². The number of amides is 2. The van der Waals surface area contributed by atoms with Crippen LogP contribution in [-0.4, -0.2) is 42.7 Å². The maximum atomic E-state index is 13.9. The number of carbonyl (C=O) groups is 2. The number of methoxy groups -OCH3 is 1. The number of ether oxygens (including phenoxy) is 2. The first kappa shape index (κ1) is 17.9. The van der Waals surface area contributed by atoms with Crippen molar-refractivity contribution in [2.75, 3.05) is 13.7 Å². The molecule has 0 saturated carbocycles. The van der Waals surface area contributed by atoms with Crippen LogP contribution in [0, 0.1) is 5.92 Å². The molecule has 1 aromatic carbocycles. The van der Waals surface area contributed by atoms with Crippen LogP contribution < -0.4 is 20.5 Å². The van der Waals surface area contributed by atoms with Crippen LogP contribution in [0.2, 0.25) is 0 Å². The zero-order valence-electron chi connectivity index (χ0n) is 14.5. The van der Waals surface area contributed by atoms with Gasteiger partial charge in [0.05, 0.1) is 18.7 Å². The molecule has 3 atom stereocenters. The third-order valence-electron chi connectivity index (χ3n) is 4.66. The number of alkyl halides is 1. The molecule has 0 bridgehead atoms. The molecule has 2 amide bonds. The summed E-state index contributed by atoms with van der Waals surface area (Å²) in [6.45, 7) is 1.92. The fraction of sp³-hybridized carbons (Fsp3) is 0.389. The second-order valence-electron chi connectivity index (χ2n) is 6.15. The van der Waals surface area contributed by atoms with Crippen molar-refractivity contribution < 1.29 is 23.5 Å². The number of benzene rings is 1. The number of hydrogen-bond acceptors (Lipinski definition) is 5. The molecule has 1 fully saturated rings. The molecule has 1 aliphatic heterocycles. The number of pyridine rings is 1. The minimum absolute atomic E-state index is 0.0939. The Balaban J connectivity index is 1.89. The summed E-state index contributed by atoms with van der Waals surface area (Å²) in [6.07, 6.45) is 0.539. The van der Waals surface area contributed by atoms with Gasteiger partial charge in [-0.25, -0.2) is 9.37 Å². The molecule has 1 saturated heterocycles. The molecule has 8 heteroatoms. The second kappa shape index (κ2) is 7.15. The van der Waals surface area contributed by atoms with Crippen molar-refractivity contribution >= 4 is 22.6 Å². The molecule has 0 spiro atoms. The van der Waals surface area contributed by atoms with Crippen LogP contribution in [0.4, 0.5) is 4.39 Å². The minimum atomic E-state index is -1.52. The summed E-state index contributed by atoms with van der Waals surface area (Å²) in [5.41, 5.74) is 5.63. The SMILES string of the molecule is CCC1C(COc2nccc3cc(C(N)=O)c(OC)cc23)NC(=O)C1F. The lowest BCUT2D eigenvalue weighted by atomic mass is 9.97. The minimum Gasteiger partial charge on any atom is -0.496 e. The Morgan fingerprint density at radius 3 is 2.85 bits per heavy atom. The molecule has 0 radical (unpaired) electrons. The number of rotatable bonds is 6. The summed E-state index contributed by atoms with van der Waals surface area (Å²) in [5, 5.41) is 3.95. The number of halogens is 1. The fourth-order valence-corrected chi connectivity index (χ4v) is 3.24. The van der Waals surface area contributed by atoms with Crippen molar-refractivity contribution in [2.24, 2.45) is 11.7 Å². The second-order valence-corrected chi connectivity index (χ2v) is 6.15. The Hall–Kier alpha value is -2.90. The van der Waals surface area contributed by atoms with E-state index in [1.165, 1.54) is 13.3 Å². The largest absolute Gasteiger partial charge is 0.496 e. The number of nitrogens with one attached hydrogen (secondary N) is 1. The number of carbonyl (C=O) groups excluding carboxylic acids is 2. The third kappa shape index (κ3) is 3.14. The average Bonchev–Trinajstić information content (AvgIpc) is 2.91. The Bertz CT molecular complexity index is 858. The lowest BCUT2D eigenvalue weighted by Gasteiger charge is -2.19. The lowest BCUT2D eigenvalue weighted by molar-refractivity contribution is -0.123. The molecule has 1 aliphatic rings. The monoisotopic (exact) mass is 361 g/mol. The summed E-state index contributed by atoms with van der Waals surface area (Å²) in [6, 6.07) is 4.53. The van der Waals surface area contributed by atoms with Gasteiger partial charge in [0.1, 0.15) is 12.4 Å². The number of aromatic nitrogens is 1. The molecular weight excluding hydrogens is 341 g/mol. The van der Waals surface area contributed by atoms with Gasteiger partial charge in [-0.15, -0.1) is 0 Å². The normalized spacial score (nSPS) is 22.3. The Labute approximate surface area is 149 Å². The lowest BCUT2D eigenvalue weighted by Crippen LogP contribution is -2.34. The first-order valence-electron chi connectivity index (χ1n) is 8.30. The Morgan fingerprint density at radius 2 is 2.19 bits per heavy atom. The van der Waals surface area contributed by atoms with Gasteiger partial charge in [0.2, 0.25) is 5.88 Å². The first-order chi connectivity index (χ1) is 12.5. The summed E-state index contributed by atoms with van der Waals surface area (Å²) in [5.74, 6) is -1.02. The topological polar surface area (TPSA) is 104 Å². The van der Waals surface area contributed by atoms with Crippen LogP contribution >= 0.6 is 0 Å². The van der Waals surface area contributed by atoms with E-state index in [1.54, 1.807) is 18.2 Å². The van der Waals surface area contributed by atoms with E-state index < -0.39 is 29.9 Å². The molecule has 0 aliphatic carbocycles. The molecule has 3 rings (SSSR count). The number of nitrogens with zero attached hydrogens (tertiary/aromatic N) is 1. The van der Waals surface area contributed by atoms with Gasteiger partial charge < -0.3 is 20.5 Å². The smallest absolute Gasteiger partial charge is 0.255 e. The summed E-state index contributed by atoms with van der Waals surface area (Å²) >= 11 is 0. The average molecular weight is 361 g/mol. The molecule has 138 valence electrons. The molecule has 2 aromatic rings. The molecule has 7 nitrogen and oxygen atoms in total. The highest BCUT2D eigenvalue weighted by molar-refractivity contribution is 6.01. The van der Waals surface area contributed by atoms with Crippen LogP contribution in [0.3, 0.4) is 0 Å². The molecule has 1 aromatic heterocycles. The summed E-state index contributed by atoms with van der Waals surface area (Å²) in [4.78, 5) is 27.3. The fourth-order valence-electron chi connectivity index (χ4n) is 3.24. The van der Waals surface area contributed by atoms with Crippen LogP contribution in [0.25, 0.3) is 10.8 Å². The van der Waals surface area contributed by atoms with Gasteiger partial charge in [-0.05, 0) is 30.0 Å². The van der Waals surface area contributed by atoms with E-state index in [4.69, 9.17) is 15.2 Å².